The number of urea groups is 1. The van der Waals surface area contributed by atoms with Gasteiger partial charge in [-0.15, -0.1) is 0 Å². The molecule has 2 unspecified atom stereocenters. The average Bonchev–Trinajstić information content (AvgIpc) is 2.82. The van der Waals surface area contributed by atoms with Crippen LogP contribution in [0, 0.1) is 0 Å². The van der Waals surface area contributed by atoms with Gasteiger partial charge < -0.3 is 20.6 Å². The van der Waals surface area contributed by atoms with E-state index in [2.05, 4.69) is 10.6 Å². The number of amides is 3. The Kier molecular flexibility index (Phi) is 4.74. The number of nitrogens with one attached hydrogen (secondary N) is 2. The Balaban J connectivity index is 2.81. The first-order valence-corrected chi connectivity index (χ1v) is 6.42. The zero-order valence-corrected chi connectivity index (χ0v) is 11.5. The third-order valence-corrected chi connectivity index (χ3v) is 3.70. The number of hydrogen-bond acceptors (Lipinski definition) is 3. The van der Waals surface area contributed by atoms with Gasteiger partial charge in [0.15, 0.2) is 0 Å². The topological polar surface area (TPSA) is 98.7 Å². The molecule has 1 rings (SSSR count). The van der Waals surface area contributed by atoms with Crippen LogP contribution in [0.25, 0.3) is 0 Å². The lowest BCUT2D eigenvalue weighted by Gasteiger charge is -2.34. The normalized spacial score (nSPS) is 23.8. The van der Waals surface area contributed by atoms with Gasteiger partial charge in [0, 0.05) is 13.6 Å². The summed E-state index contributed by atoms with van der Waals surface area (Å²) in [5.41, 5.74) is -1.15. The van der Waals surface area contributed by atoms with Crippen LogP contribution in [0.15, 0.2) is 0 Å². The smallest absolute Gasteiger partial charge is 0.329 e. The second-order valence-electron chi connectivity index (χ2n) is 4.73. The lowest BCUT2D eigenvalue weighted by molar-refractivity contribution is -0.148. The molecule has 0 aliphatic carbocycles. The molecule has 1 aliphatic heterocycles. The number of likely N-dealkylation sites (tertiary alicyclic amines) is 1. The fraction of sp³-hybridized carbons (Fsp3) is 0.750. The first-order valence-electron chi connectivity index (χ1n) is 6.42. The highest BCUT2D eigenvalue weighted by Gasteiger charge is 2.48. The molecule has 0 saturated carbocycles. The number of rotatable bonds is 4. The van der Waals surface area contributed by atoms with Gasteiger partial charge in [-0.3, -0.25) is 4.79 Å². The number of nitrogens with zero attached hydrogens (tertiary/aromatic N) is 1. The van der Waals surface area contributed by atoms with Gasteiger partial charge in [0.25, 0.3) is 0 Å². The number of aliphatic carboxylic acids is 1. The highest BCUT2D eigenvalue weighted by atomic mass is 16.4. The maximum absolute atomic E-state index is 12.1. The SMILES string of the molecule is CCC1(C(=O)O)CCCN1C(=O)NC(C)C(=O)NC. The van der Waals surface area contributed by atoms with Crippen molar-refractivity contribution in [2.24, 2.45) is 0 Å². The quantitative estimate of drug-likeness (QED) is 0.678. The minimum absolute atomic E-state index is 0.315. The first-order chi connectivity index (χ1) is 8.89. The highest BCUT2D eigenvalue weighted by Crippen LogP contribution is 2.32. The van der Waals surface area contributed by atoms with Gasteiger partial charge in [-0.05, 0) is 26.2 Å². The van der Waals surface area contributed by atoms with Crippen molar-refractivity contribution < 1.29 is 19.5 Å². The molecule has 0 bridgehead atoms. The lowest BCUT2D eigenvalue weighted by Crippen LogP contribution is -2.58. The summed E-state index contributed by atoms with van der Waals surface area (Å²) in [7, 11) is 1.48. The standard InChI is InChI=1S/C12H21N3O4/c1-4-12(10(17)18)6-5-7-15(12)11(19)14-8(2)9(16)13-3/h8H,4-7H2,1-3H3,(H,13,16)(H,14,19)(H,17,18). The molecule has 3 amide bonds. The summed E-state index contributed by atoms with van der Waals surface area (Å²) in [6, 6.07) is -1.20. The Hall–Kier alpha value is -1.79. The largest absolute Gasteiger partial charge is 0.479 e. The Morgan fingerprint density at radius 1 is 1.42 bits per heavy atom. The fourth-order valence-electron chi connectivity index (χ4n) is 2.46. The van der Waals surface area contributed by atoms with Crippen molar-refractivity contribution in [3.63, 3.8) is 0 Å². The van der Waals surface area contributed by atoms with Crippen molar-refractivity contribution in [1.82, 2.24) is 15.5 Å². The van der Waals surface area contributed by atoms with Crippen LogP contribution >= 0.6 is 0 Å². The molecule has 3 N–H and O–H groups in total. The van der Waals surface area contributed by atoms with E-state index in [4.69, 9.17) is 0 Å². The molecule has 0 aromatic heterocycles. The number of carbonyl (C=O) groups excluding carboxylic acids is 2. The average molecular weight is 271 g/mol. The fourth-order valence-corrected chi connectivity index (χ4v) is 2.46. The van der Waals surface area contributed by atoms with Crippen LogP contribution in [0.5, 0.6) is 0 Å². The van der Waals surface area contributed by atoms with Gasteiger partial charge in [0.2, 0.25) is 5.91 Å². The number of carboxylic acids is 1. The summed E-state index contributed by atoms with van der Waals surface area (Å²) >= 11 is 0. The molecule has 1 saturated heterocycles. The van der Waals surface area contributed by atoms with Gasteiger partial charge in [0.1, 0.15) is 11.6 Å². The van der Waals surface area contributed by atoms with E-state index in [1.807, 2.05) is 0 Å². The number of hydrogen-bond donors (Lipinski definition) is 3. The third-order valence-electron chi connectivity index (χ3n) is 3.70. The predicted molar refractivity (Wildman–Crippen MR) is 68.7 cm³/mol. The Labute approximate surface area is 112 Å². The Morgan fingerprint density at radius 3 is 2.53 bits per heavy atom. The highest BCUT2D eigenvalue weighted by molar-refractivity contribution is 5.90. The van der Waals surface area contributed by atoms with Gasteiger partial charge >= 0.3 is 12.0 Å². The van der Waals surface area contributed by atoms with E-state index in [0.29, 0.717) is 25.8 Å². The predicted octanol–water partition coefficient (Wildman–Crippen LogP) is 0.160. The molecule has 0 aromatic carbocycles. The van der Waals surface area contributed by atoms with E-state index in [9.17, 15) is 19.5 Å². The van der Waals surface area contributed by atoms with Gasteiger partial charge in [-0.1, -0.05) is 6.92 Å². The molecule has 0 aromatic rings. The van der Waals surface area contributed by atoms with E-state index >= 15 is 0 Å². The van der Waals surface area contributed by atoms with Crippen molar-refractivity contribution in [1.29, 1.82) is 0 Å². The summed E-state index contributed by atoms with van der Waals surface area (Å²) < 4.78 is 0. The van der Waals surface area contributed by atoms with Crippen LogP contribution in [0.3, 0.4) is 0 Å². The lowest BCUT2D eigenvalue weighted by atomic mass is 9.93. The second-order valence-corrected chi connectivity index (χ2v) is 4.73. The molecule has 0 radical (unpaired) electrons. The van der Waals surface area contributed by atoms with Gasteiger partial charge in [-0.25, -0.2) is 9.59 Å². The van der Waals surface area contributed by atoms with Gasteiger partial charge in [-0.2, -0.15) is 0 Å². The molecule has 7 nitrogen and oxygen atoms in total. The maximum atomic E-state index is 12.1. The van der Waals surface area contributed by atoms with Crippen LogP contribution < -0.4 is 10.6 Å². The Bertz CT molecular complexity index is 385. The van der Waals surface area contributed by atoms with Crippen LogP contribution in [-0.4, -0.2) is 53.1 Å². The summed E-state index contributed by atoms with van der Waals surface area (Å²) in [5.74, 6) is -1.31. The molecule has 7 heteroatoms. The van der Waals surface area contributed by atoms with Crippen molar-refractivity contribution in [2.45, 2.75) is 44.7 Å². The van der Waals surface area contributed by atoms with Crippen molar-refractivity contribution in [3.8, 4) is 0 Å². The molecule has 1 heterocycles. The molecule has 0 spiro atoms. The summed E-state index contributed by atoms with van der Waals surface area (Å²) in [4.78, 5) is 36.3. The molecule has 2 atom stereocenters. The zero-order valence-electron chi connectivity index (χ0n) is 11.5. The summed E-state index contributed by atoms with van der Waals surface area (Å²) in [5, 5.41) is 14.3. The monoisotopic (exact) mass is 271 g/mol. The minimum Gasteiger partial charge on any atom is -0.479 e. The first kappa shape index (κ1) is 15.3. The van der Waals surface area contributed by atoms with Crippen molar-refractivity contribution in [2.75, 3.05) is 13.6 Å². The van der Waals surface area contributed by atoms with Gasteiger partial charge in [0.05, 0.1) is 0 Å². The van der Waals surface area contributed by atoms with E-state index in [1.54, 1.807) is 13.8 Å². The van der Waals surface area contributed by atoms with Crippen molar-refractivity contribution in [3.05, 3.63) is 0 Å². The minimum atomic E-state index is -1.15. The number of carboxylic acid groups (broad SMARTS) is 1. The van der Waals surface area contributed by atoms with E-state index in [-0.39, 0.29) is 5.91 Å². The third kappa shape index (κ3) is 2.80. The molecule has 1 aliphatic rings. The maximum Gasteiger partial charge on any atom is 0.329 e. The van der Waals surface area contributed by atoms with E-state index in [0.717, 1.165) is 0 Å². The molecular weight excluding hydrogens is 250 g/mol. The molecule has 1 fully saturated rings. The van der Waals surface area contributed by atoms with Crippen LogP contribution in [0.2, 0.25) is 0 Å². The number of likely N-dealkylation sites (N-methyl/N-ethyl adjacent to an activating group) is 1. The van der Waals surface area contributed by atoms with E-state index < -0.39 is 23.6 Å². The zero-order chi connectivity index (χ0) is 14.6. The molecule has 108 valence electrons. The van der Waals surface area contributed by atoms with E-state index in [1.165, 1.54) is 11.9 Å². The van der Waals surface area contributed by atoms with Crippen LogP contribution in [0.1, 0.15) is 33.1 Å². The summed E-state index contributed by atoms with van der Waals surface area (Å²) in [6.07, 6.45) is 1.45. The second kappa shape index (κ2) is 5.90. The Morgan fingerprint density at radius 2 is 2.05 bits per heavy atom. The molecule has 19 heavy (non-hydrogen) atoms. The van der Waals surface area contributed by atoms with Crippen LogP contribution in [0.4, 0.5) is 4.79 Å². The number of carbonyl (C=O) groups is 3. The molecular formula is C12H21N3O4. The van der Waals surface area contributed by atoms with Crippen molar-refractivity contribution >= 4 is 17.9 Å². The van der Waals surface area contributed by atoms with Crippen LogP contribution in [-0.2, 0) is 9.59 Å². The summed E-state index contributed by atoms with van der Waals surface area (Å²) in [6.45, 7) is 3.70.